The summed E-state index contributed by atoms with van der Waals surface area (Å²) in [4.78, 5) is 27.5. The molecule has 0 radical (unpaired) electrons. The standard InChI is InChI=1S/C14H16N4O3S/c1-9-10(2)22-14(16-9)17-13(19)7-8-15-11-5-3-4-6-12(11)18(20)21/h3-6,15H,7-8H2,1-2H3,(H,16,17,19). The molecule has 0 fully saturated rings. The summed E-state index contributed by atoms with van der Waals surface area (Å²) in [6, 6.07) is 6.34. The minimum Gasteiger partial charge on any atom is -0.379 e. The van der Waals surface area contributed by atoms with Gasteiger partial charge in [-0.3, -0.25) is 14.9 Å². The Morgan fingerprint density at radius 1 is 1.36 bits per heavy atom. The van der Waals surface area contributed by atoms with Crippen LogP contribution >= 0.6 is 11.3 Å². The Morgan fingerprint density at radius 3 is 2.73 bits per heavy atom. The predicted octanol–water partition coefficient (Wildman–Crippen LogP) is 3.11. The molecule has 0 aliphatic rings. The highest BCUT2D eigenvalue weighted by Gasteiger charge is 2.12. The van der Waals surface area contributed by atoms with E-state index < -0.39 is 4.92 Å². The van der Waals surface area contributed by atoms with Gasteiger partial charge in [-0.05, 0) is 19.9 Å². The van der Waals surface area contributed by atoms with Crippen molar-refractivity contribution in [3.8, 4) is 0 Å². The molecule has 1 aromatic carbocycles. The van der Waals surface area contributed by atoms with Crippen molar-refractivity contribution in [2.24, 2.45) is 0 Å². The number of aromatic nitrogens is 1. The highest BCUT2D eigenvalue weighted by molar-refractivity contribution is 7.15. The molecule has 0 aliphatic heterocycles. The fourth-order valence-electron chi connectivity index (χ4n) is 1.80. The van der Waals surface area contributed by atoms with Crippen molar-refractivity contribution in [2.45, 2.75) is 20.3 Å². The van der Waals surface area contributed by atoms with Crippen molar-refractivity contribution in [1.29, 1.82) is 0 Å². The first-order valence-electron chi connectivity index (χ1n) is 6.68. The number of carbonyl (C=O) groups excluding carboxylic acids is 1. The Labute approximate surface area is 131 Å². The number of hydrogen-bond donors (Lipinski definition) is 2. The minimum absolute atomic E-state index is 0.00548. The van der Waals surface area contributed by atoms with Gasteiger partial charge in [-0.15, -0.1) is 11.3 Å². The number of thiazole rings is 1. The van der Waals surface area contributed by atoms with E-state index in [4.69, 9.17) is 0 Å². The summed E-state index contributed by atoms with van der Waals surface area (Å²) in [5.74, 6) is -0.181. The number of hydrogen-bond acceptors (Lipinski definition) is 6. The normalized spacial score (nSPS) is 10.3. The monoisotopic (exact) mass is 320 g/mol. The molecule has 2 N–H and O–H groups in total. The third kappa shape index (κ3) is 4.01. The second kappa shape index (κ2) is 6.99. The average molecular weight is 320 g/mol. The number of anilines is 2. The van der Waals surface area contributed by atoms with E-state index in [1.54, 1.807) is 18.2 Å². The zero-order valence-electron chi connectivity index (χ0n) is 12.3. The molecule has 2 aromatic rings. The lowest BCUT2D eigenvalue weighted by Crippen LogP contribution is -2.16. The Balaban J connectivity index is 1.86. The maximum absolute atomic E-state index is 11.8. The molecule has 22 heavy (non-hydrogen) atoms. The fraction of sp³-hybridized carbons (Fsp3) is 0.286. The van der Waals surface area contributed by atoms with Crippen LogP contribution in [-0.2, 0) is 4.79 Å². The quantitative estimate of drug-likeness (QED) is 0.629. The molecule has 0 saturated carbocycles. The summed E-state index contributed by atoms with van der Waals surface area (Å²) in [5, 5.41) is 17.1. The molecule has 8 heteroatoms. The van der Waals surface area contributed by atoms with Gasteiger partial charge in [0.2, 0.25) is 5.91 Å². The molecule has 0 aliphatic carbocycles. The van der Waals surface area contributed by atoms with Crippen LogP contribution in [-0.4, -0.2) is 22.4 Å². The van der Waals surface area contributed by atoms with Crippen molar-refractivity contribution in [3.63, 3.8) is 0 Å². The molecule has 1 amide bonds. The van der Waals surface area contributed by atoms with E-state index in [-0.39, 0.29) is 18.0 Å². The van der Waals surface area contributed by atoms with Gasteiger partial charge in [0, 0.05) is 23.9 Å². The Morgan fingerprint density at radius 2 is 2.09 bits per heavy atom. The van der Waals surface area contributed by atoms with Crippen LogP contribution in [0.2, 0.25) is 0 Å². The highest BCUT2D eigenvalue weighted by Crippen LogP contribution is 2.23. The molecular weight excluding hydrogens is 304 g/mol. The number of benzene rings is 1. The zero-order chi connectivity index (χ0) is 16.1. The summed E-state index contributed by atoms with van der Waals surface area (Å²) in [5.41, 5.74) is 1.30. The van der Waals surface area contributed by atoms with Gasteiger partial charge in [-0.2, -0.15) is 0 Å². The summed E-state index contributed by atoms with van der Waals surface area (Å²) >= 11 is 1.43. The molecule has 116 valence electrons. The maximum Gasteiger partial charge on any atom is 0.292 e. The predicted molar refractivity (Wildman–Crippen MR) is 86.4 cm³/mol. The smallest absolute Gasteiger partial charge is 0.292 e. The van der Waals surface area contributed by atoms with Gasteiger partial charge in [0.05, 0.1) is 10.6 Å². The van der Waals surface area contributed by atoms with Crippen LogP contribution in [0.3, 0.4) is 0 Å². The number of carbonyl (C=O) groups is 1. The first-order valence-corrected chi connectivity index (χ1v) is 7.50. The number of nitro benzene ring substituents is 1. The molecule has 0 bridgehead atoms. The zero-order valence-corrected chi connectivity index (χ0v) is 13.1. The number of amides is 1. The van der Waals surface area contributed by atoms with E-state index in [1.807, 2.05) is 13.8 Å². The molecule has 2 rings (SSSR count). The van der Waals surface area contributed by atoms with Crippen LogP contribution in [0.4, 0.5) is 16.5 Å². The van der Waals surface area contributed by atoms with Crippen molar-refractivity contribution in [2.75, 3.05) is 17.2 Å². The van der Waals surface area contributed by atoms with Gasteiger partial charge >= 0.3 is 0 Å². The molecule has 1 heterocycles. The lowest BCUT2D eigenvalue weighted by atomic mass is 10.2. The van der Waals surface area contributed by atoms with Crippen molar-refractivity contribution >= 4 is 33.8 Å². The molecule has 0 atom stereocenters. The van der Waals surface area contributed by atoms with Crippen LogP contribution in [0.1, 0.15) is 17.0 Å². The lowest BCUT2D eigenvalue weighted by Gasteiger charge is -2.06. The average Bonchev–Trinajstić information content (AvgIpc) is 2.77. The first-order chi connectivity index (χ1) is 10.5. The van der Waals surface area contributed by atoms with Crippen molar-refractivity contribution < 1.29 is 9.72 Å². The van der Waals surface area contributed by atoms with Gasteiger partial charge in [-0.1, -0.05) is 12.1 Å². The Hall–Kier alpha value is -2.48. The van der Waals surface area contributed by atoms with E-state index in [0.717, 1.165) is 10.6 Å². The number of nitrogens with zero attached hydrogens (tertiary/aromatic N) is 2. The van der Waals surface area contributed by atoms with Crippen molar-refractivity contribution in [1.82, 2.24) is 4.98 Å². The fourth-order valence-corrected chi connectivity index (χ4v) is 2.63. The SMILES string of the molecule is Cc1nc(NC(=O)CCNc2ccccc2[N+](=O)[O-])sc1C. The maximum atomic E-state index is 11.8. The second-order valence-electron chi connectivity index (χ2n) is 4.66. The third-order valence-electron chi connectivity index (χ3n) is 3.04. The van der Waals surface area contributed by atoms with Gasteiger partial charge in [0.1, 0.15) is 5.69 Å². The molecular formula is C14H16N4O3S. The second-order valence-corrected chi connectivity index (χ2v) is 5.86. The highest BCUT2D eigenvalue weighted by atomic mass is 32.1. The molecule has 7 nitrogen and oxygen atoms in total. The van der Waals surface area contributed by atoms with E-state index in [9.17, 15) is 14.9 Å². The van der Waals surface area contributed by atoms with E-state index >= 15 is 0 Å². The van der Waals surface area contributed by atoms with Crippen LogP contribution < -0.4 is 10.6 Å². The van der Waals surface area contributed by atoms with E-state index in [1.165, 1.54) is 17.4 Å². The van der Waals surface area contributed by atoms with Crippen LogP contribution in [0.15, 0.2) is 24.3 Å². The summed E-state index contributed by atoms with van der Waals surface area (Å²) < 4.78 is 0. The van der Waals surface area contributed by atoms with Gasteiger partial charge < -0.3 is 10.6 Å². The van der Waals surface area contributed by atoms with E-state index in [2.05, 4.69) is 15.6 Å². The lowest BCUT2D eigenvalue weighted by molar-refractivity contribution is -0.384. The van der Waals surface area contributed by atoms with Crippen LogP contribution in [0.25, 0.3) is 0 Å². The topological polar surface area (TPSA) is 97.2 Å². The minimum atomic E-state index is -0.455. The summed E-state index contributed by atoms with van der Waals surface area (Å²) in [7, 11) is 0. The molecule has 0 spiro atoms. The Bertz CT molecular complexity index is 680. The number of rotatable bonds is 6. The largest absolute Gasteiger partial charge is 0.379 e. The molecule has 1 aromatic heterocycles. The number of nitro groups is 1. The first kappa shape index (κ1) is 15.9. The van der Waals surface area contributed by atoms with Crippen LogP contribution in [0, 0.1) is 24.0 Å². The summed E-state index contributed by atoms with van der Waals surface area (Å²) in [6.45, 7) is 4.14. The molecule has 0 saturated heterocycles. The summed E-state index contributed by atoms with van der Waals surface area (Å²) in [6.07, 6.45) is 0.198. The van der Waals surface area contributed by atoms with Gasteiger partial charge in [0.25, 0.3) is 5.69 Å². The van der Waals surface area contributed by atoms with Gasteiger partial charge in [-0.25, -0.2) is 4.98 Å². The Kier molecular flexibility index (Phi) is 5.05. The number of nitrogens with one attached hydrogen (secondary N) is 2. The van der Waals surface area contributed by atoms with E-state index in [0.29, 0.717) is 17.4 Å². The van der Waals surface area contributed by atoms with Crippen molar-refractivity contribution in [3.05, 3.63) is 45.0 Å². The third-order valence-corrected chi connectivity index (χ3v) is 4.03. The number of aryl methyl sites for hydroxylation is 2. The molecule has 0 unspecified atom stereocenters. The van der Waals surface area contributed by atoms with Crippen LogP contribution in [0.5, 0.6) is 0 Å². The van der Waals surface area contributed by atoms with Gasteiger partial charge in [0.15, 0.2) is 5.13 Å². The number of para-hydroxylation sites is 2.